The Morgan fingerprint density at radius 2 is 1.27 bits per heavy atom. The number of thioether (sulfide) groups is 3. The van der Waals surface area contributed by atoms with Gasteiger partial charge in [-0.15, -0.1) is 5.73 Å². The van der Waals surface area contributed by atoms with Gasteiger partial charge in [0.25, 0.3) is 0 Å². The van der Waals surface area contributed by atoms with E-state index in [4.69, 9.17) is 0 Å². The quantitative estimate of drug-likeness (QED) is 0.131. The van der Waals surface area contributed by atoms with Gasteiger partial charge >= 0.3 is 0 Å². The first kappa shape index (κ1) is 33.4. The van der Waals surface area contributed by atoms with Crippen molar-refractivity contribution in [3.8, 4) is 0 Å². The molecule has 0 aliphatic rings. The molecule has 0 heterocycles. The Bertz CT molecular complexity index is 483. The van der Waals surface area contributed by atoms with E-state index in [0.29, 0.717) is 33.5 Å². The fourth-order valence-corrected chi connectivity index (χ4v) is 7.96. The zero-order chi connectivity index (χ0) is 24.9. The van der Waals surface area contributed by atoms with Crippen LogP contribution in [0.1, 0.15) is 79.1 Å². The minimum atomic E-state index is 0.245. The van der Waals surface area contributed by atoms with E-state index < -0.39 is 0 Å². The molecule has 0 amide bonds. The molecule has 6 heteroatoms. The van der Waals surface area contributed by atoms with E-state index in [2.05, 4.69) is 40.0 Å². The lowest BCUT2D eigenvalue weighted by Crippen LogP contribution is -2.24. The van der Waals surface area contributed by atoms with E-state index in [-0.39, 0.29) is 19.8 Å². The van der Waals surface area contributed by atoms with Gasteiger partial charge in [0.15, 0.2) is 0 Å². The Kier molecular flexibility index (Phi) is 23.2. The van der Waals surface area contributed by atoms with Gasteiger partial charge in [-0.2, -0.15) is 35.3 Å². The van der Waals surface area contributed by atoms with Gasteiger partial charge in [-0.05, 0) is 68.8 Å². The van der Waals surface area contributed by atoms with Crippen LogP contribution in [-0.4, -0.2) is 68.1 Å². The third-order valence-corrected chi connectivity index (χ3v) is 10.9. The average Bonchev–Trinajstić information content (AvgIpc) is 2.80. The predicted octanol–water partition coefficient (Wildman–Crippen LogP) is 6.66. The van der Waals surface area contributed by atoms with Crippen molar-refractivity contribution in [2.45, 2.75) is 94.8 Å². The molecule has 5 atom stereocenters. The van der Waals surface area contributed by atoms with E-state index in [1.165, 1.54) is 38.5 Å². The maximum atomic E-state index is 9.46. The maximum Gasteiger partial charge on any atom is 0.0521 e. The molecule has 0 aliphatic heterocycles. The number of allylic oxidation sites excluding steroid dienone is 1. The summed E-state index contributed by atoms with van der Waals surface area (Å²) in [6.07, 6.45) is 11.4. The van der Waals surface area contributed by atoms with Crippen LogP contribution in [0.4, 0.5) is 0 Å². The molecule has 0 fully saturated rings. The van der Waals surface area contributed by atoms with Crippen molar-refractivity contribution in [3.05, 3.63) is 18.4 Å². The highest BCUT2D eigenvalue weighted by molar-refractivity contribution is 8.00. The Labute approximate surface area is 218 Å². The van der Waals surface area contributed by atoms with E-state index in [1.807, 2.05) is 41.4 Å². The minimum Gasteiger partial charge on any atom is -0.396 e. The van der Waals surface area contributed by atoms with Crippen molar-refractivity contribution in [1.82, 2.24) is 0 Å². The van der Waals surface area contributed by atoms with Gasteiger partial charge in [0.2, 0.25) is 0 Å². The van der Waals surface area contributed by atoms with Crippen LogP contribution in [0.3, 0.4) is 0 Å². The number of rotatable bonds is 23. The van der Waals surface area contributed by atoms with Crippen molar-refractivity contribution >= 4 is 35.3 Å². The molecule has 0 saturated carbocycles. The first-order chi connectivity index (χ1) is 15.9. The number of hydrogen-bond acceptors (Lipinski definition) is 6. The lowest BCUT2D eigenvalue weighted by molar-refractivity contribution is 0.321. The standard InChI is InChI=1S/C27H52O3S3/c1-6-8-9-11-27(33-21-18-30)24(10-7-2)13-15-26(32-20-17-29)23(5)12-14-25(22(3)4)31-19-16-28/h8,22-30H,1,7,9-21H2,2-5H3. The molecular weight excluding hydrogens is 468 g/mol. The molecule has 0 spiro atoms. The van der Waals surface area contributed by atoms with Gasteiger partial charge < -0.3 is 15.3 Å². The second-order valence-corrected chi connectivity index (χ2v) is 13.4. The third kappa shape index (κ3) is 16.7. The highest BCUT2D eigenvalue weighted by atomic mass is 32.2. The summed E-state index contributed by atoms with van der Waals surface area (Å²) in [6, 6.07) is 0. The summed E-state index contributed by atoms with van der Waals surface area (Å²) >= 11 is 5.80. The molecule has 0 aromatic rings. The maximum absolute atomic E-state index is 9.46. The molecule has 0 aromatic heterocycles. The molecule has 0 aromatic carbocycles. The first-order valence-electron chi connectivity index (χ1n) is 13.0. The van der Waals surface area contributed by atoms with Crippen molar-refractivity contribution < 1.29 is 15.3 Å². The van der Waals surface area contributed by atoms with Crippen LogP contribution in [0.25, 0.3) is 0 Å². The first-order valence-corrected chi connectivity index (χ1v) is 16.1. The molecule has 3 nitrogen and oxygen atoms in total. The van der Waals surface area contributed by atoms with Crippen LogP contribution in [0.5, 0.6) is 0 Å². The second kappa shape index (κ2) is 22.9. The normalized spacial score (nSPS) is 16.2. The largest absolute Gasteiger partial charge is 0.396 e. The minimum absolute atomic E-state index is 0.245. The molecule has 0 rings (SSSR count). The van der Waals surface area contributed by atoms with Crippen LogP contribution in [0, 0.1) is 17.8 Å². The van der Waals surface area contributed by atoms with Crippen molar-refractivity contribution in [3.63, 3.8) is 0 Å². The summed E-state index contributed by atoms with van der Waals surface area (Å²) < 4.78 is 0. The Morgan fingerprint density at radius 1 is 0.727 bits per heavy atom. The topological polar surface area (TPSA) is 60.7 Å². The SMILES string of the molecule is C=C=CCCC(SCCO)C(CCC)CCC(SCCO)C(C)CCC(SCCO)C(C)C. The van der Waals surface area contributed by atoms with Gasteiger partial charge in [-0.25, -0.2) is 0 Å². The smallest absolute Gasteiger partial charge is 0.0521 e. The summed E-state index contributed by atoms with van der Waals surface area (Å²) in [7, 11) is 0. The lowest BCUT2D eigenvalue weighted by atomic mass is 9.88. The van der Waals surface area contributed by atoms with Crippen LogP contribution in [0.15, 0.2) is 18.4 Å². The van der Waals surface area contributed by atoms with Crippen LogP contribution < -0.4 is 0 Å². The summed E-state index contributed by atoms with van der Waals surface area (Å²) in [4.78, 5) is 0. The molecule has 0 radical (unpaired) electrons. The fourth-order valence-electron chi connectivity index (χ4n) is 4.44. The van der Waals surface area contributed by atoms with Gasteiger partial charge in [0.05, 0.1) is 19.8 Å². The Balaban J connectivity index is 5.10. The van der Waals surface area contributed by atoms with Gasteiger partial charge in [-0.1, -0.05) is 40.7 Å². The zero-order valence-electron chi connectivity index (χ0n) is 21.7. The highest BCUT2D eigenvalue weighted by Gasteiger charge is 2.25. The van der Waals surface area contributed by atoms with Crippen molar-refractivity contribution in [2.24, 2.45) is 17.8 Å². The van der Waals surface area contributed by atoms with Gasteiger partial charge in [0.1, 0.15) is 0 Å². The molecular formula is C27H52O3S3. The fraction of sp³-hybridized carbons (Fsp3) is 0.889. The van der Waals surface area contributed by atoms with Crippen molar-refractivity contribution in [1.29, 1.82) is 0 Å². The molecule has 0 aliphatic carbocycles. The molecule has 0 bridgehead atoms. The summed E-state index contributed by atoms with van der Waals surface area (Å²) in [5.74, 6) is 4.36. The zero-order valence-corrected chi connectivity index (χ0v) is 24.2. The highest BCUT2D eigenvalue weighted by Crippen LogP contribution is 2.36. The van der Waals surface area contributed by atoms with Gasteiger partial charge in [-0.3, -0.25) is 0 Å². The van der Waals surface area contributed by atoms with Gasteiger partial charge in [0, 0.05) is 33.0 Å². The van der Waals surface area contributed by atoms with E-state index in [0.717, 1.165) is 30.1 Å². The monoisotopic (exact) mass is 520 g/mol. The van der Waals surface area contributed by atoms with Crippen LogP contribution in [-0.2, 0) is 0 Å². The summed E-state index contributed by atoms with van der Waals surface area (Å²) in [6.45, 7) is 13.7. The third-order valence-electron chi connectivity index (χ3n) is 6.30. The Morgan fingerprint density at radius 3 is 1.79 bits per heavy atom. The van der Waals surface area contributed by atoms with Crippen molar-refractivity contribution in [2.75, 3.05) is 37.1 Å². The second-order valence-electron chi connectivity index (χ2n) is 9.31. The van der Waals surface area contributed by atoms with E-state index >= 15 is 0 Å². The number of aliphatic hydroxyl groups is 3. The predicted molar refractivity (Wildman–Crippen MR) is 154 cm³/mol. The lowest BCUT2D eigenvalue weighted by Gasteiger charge is -2.31. The van der Waals surface area contributed by atoms with E-state index in [1.54, 1.807) is 0 Å². The van der Waals surface area contributed by atoms with Crippen LogP contribution >= 0.6 is 35.3 Å². The molecule has 196 valence electrons. The molecule has 0 saturated heterocycles. The van der Waals surface area contributed by atoms with Crippen LogP contribution in [0.2, 0.25) is 0 Å². The summed E-state index contributed by atoms with van der Waals surface area (Å²) in [5.41, 5.74) is 2.91. The Hall–Kier alpha value is 0.450. The molecule has 33 heavy (non-hydrogen) atoms. The number of hydrogen-bond donors (Lipinski definition) is 3. The summed E-state index contributed by atoms with van der Waals surface area (Å²) in [5, 5.41) is 29.8. The average molecular weight is 521 g/mol. The molecule has 5 unspecified atom stereocenters. The van der Waals surface area contributed by atoms with E-state index in [9.17, 15) is 15.3 Å². The number of aliphatic hydroxyl groups excluding tert-OH is 3. The molecule has 3 N–H and O–H groups in total.